The fourth-order valence-corrected chi connectivity index (χ4v) is 1.85. The van der Waals surface area contributed by atoms with Gasteiger partial charge in [0.15, 0.2) is 0 Å². The van der Waals surface area contributed by atoms with E-state index in [4.69, 9.17) is 9.68 Å². The van der Waals surface area contributed by atoms with Gasteiger partial charge in [0, 0.05) is 12.7 Å². The maximum atomic E-state index is 9.02. The lowest BCUT2D eigenvalue weighted by atomic mass is 10.2. The lowest BCUT2D eigenvalue weighted by molar-refractivity contribution is 0.269. The van der Waals surface area contributed by atoms with Crippen LogP contribution in [0.25, 0.3) is 0 Å². The van der Waals surface area contributed by atoms with Crippen molar-refractivity contribution in [2.24, 2.45) is 0 Å². The van der Waals surface area contributed by atoms with Gasteiger partial charge >= 0.3 is 0 Å². The van der Waals surface area contributed by atoms with Gasteiger partial charge in [-0.15, -0.1) is 0 Å². The minimum Gasteiger partial charge on any atom is -0.468 e. The number of pyridine rings is 1. The number of nitrogens with one attached hydrogen (secondary N) is 1. The first-order chi connectivity index (χ1) is 9.22. The smallest absolute Gasteiger partial charge is 0.143 e. The molecule has 0 unspecified atom stereocenters. The normalized spacial score (nSPS) is 12.1. The highest BCUT2D eigenvalue weighted by atomic mass is 16.3. The number of furan rings is 1. The molecule has 0 saturated carbocycles. The summed E-state index contributed by atoms with van der Waals surface area (Å²) in [4.78, 5) is 6.24. The molecule has 0 bridgehead atoms. The third-order valence-electron chi connectivity index (χ3n) is 2.89. The van der Waals surface area contributed by atoms with E-state index in [1.165, 1.54) is 0 Å². The number of aromatic nitrogens is 1. The van der Waals surface area contributed by atoms with Crippen molar-refractivity contribution < 1.29 is 4.42 Å². The molecule has 0 amide bonds. The molecule has 2 aromatic heterocycles. The van der Waals surface area contributed by atoms with Crippen molar-refractivity contribution in [3.05, 3.63) is 48.0 Å². The summed E-state index contributed by atoms with van der Waals surface area (Å²) >= 11 is 0. The van der Waals surface area contributed by atoms with Crippen molar-refractivity contribution in [3.8, 4) is 6.07 Å². The van der Waals surface area contributed by atoms with Crippen LogP contribution in [0.15, 0.2) is 41.1 Å². The van der Waals surface area contributed by atoms with E-state index in [-0.39, 0.29) is 6.04 Å². The van der Waals surface area contributed by atoms with Crippen LogP contribution in [0.3, 0.4) is 0 Å². The Labute approximate surface area is 112 Å². The van der Waals surface area contributed by atoms with E-state index in [0.29, 0.717) is 17.9 Å². The summed E-state index contributed by atoms with van der Waals surface area (Å²) in [5.74, 6) is 1.48. The zero-order valence-electron chi connectivity index (χ0n) is 11.0. The predicted octanol–water partition coefficient (Wildman–Crippen LogP) is 2.26. The topological polar surface area (TPSA) is 65.1 Å². The number of nitriles is 1. The molecule has 0 spiro atoms. The number of likely N-dealkylation sites (N-methyl/N-ethyl adjacent to an activating group) is 1. The van der Waals surface area contributed by atoms with E-state index in [9.17, 15) is 0 Å². The van der Waals surface area contributed by atoms with Crippen LogP contribution >= 0.6 is 0 Å². The number of anilines is 1. The molecule has 0 aliphatic carbocycles. The highest BCUT2D eigenvalue weighted by Gasteiger charge is 2.17. The molecule has 0 aliphatic rings. The van der Waals surface area contributed by atoms with Crippen molar-refractivity contribution in [2.75, 3.05) is 26.0 Å². The second-order valence-corrected chi connectivity index (χ2v) is 4.39. The molecule has 1 N–H and O–H groups in total. The van der Waals surface area contributed by atoms with Gasteiger partial charge in [0.1, 0.15) is 17.6 Å². The summed E-state index contributed by atoms with van der Waals surface area (Å²) < 4.78 is 5.43. The zero-order valence-corrected chi connectivity index (χ0v) is 11.0. The number of nitrogens with zero attached hydrogens (tertiary/aromatic N) is 3. The van der Waals surface area contributed by atoms with Crippen LogP contribution in [0, 0.1) is 11.3 Å². The fraction of sp³-hybridized carbons (Fsp3) is 0.286. The Morgan fingerprint density at radius 1 is 1.42 bits per heavy atom. The third kappa shape index (κ3) is 3.12. The van der Waals surface area contributed by atoms with Crippen molar-refractivity contribution >= 4 is 5.82 Å². The summed E-state index contributed by atoms with van der Waals surface area (Å²) in [5.41, 5.74) is 0.541. The Kier molecular flexibility index (Phi) is 4.16. The van der Waals surface area contributed by atoms with Crippen LogP contribution in [0.4, 0.5) is 5.82 Å². The fourth-order valence-electron chi connectivity index (χ4n) is 1.85. The summed E-state index contributed by atoms with van der Waals surface area (Å²) in [7, 11) is 3.97. The summed E-state index contributed by atoms with van der Waals surface area (Å²) in [6, 6.07) is 9.51. The van der Waals surface area contributed by atoms with Gasteiger partial charge in [0.25, 0.3) is 0 Å². The number of hydrogen-bond acceptors (Lipinski definition) is 5. The molecule has 0 fully saturated rings. The SMILES string of the molecule is CN(C)[C@@H](CNc1ncccc1C#N)c1ccco1. The van der Waals surface area contributed by atoms with Gasteiger partial charge in [0.05, 0.1) is 17.9 Å². The van der Waals surface area contributed by atoms with E-state index in [2.05, 4.69) is 21.3 Å². The second-order valence-electron chi connectivity index (χ2n) is 4.39. The zero-order chi connectivity index (χ0) is 13.7. The predicted molar refractivity (Wildman–Crippen MR) is 72.6 cm³/mol. The molecule has 2 aromatic rings. The Balaban J connectivity index is 2.10. The van der Waals surface area contributed by atoms with Crippen LogP contribution in [-0.2, 0) is 0 Å². The Hall–Kier alpha value is -2.32. The van der Waals surface area contributed by atoms with Gasteiger partial charge < -0.3 is 9.73 Å². The van der Waals surface area contributed by atoms with E-state index < -0.39 is 0 Å². The van der Waals surface area contributed by atoms with E-state index >= 15 is 0 Å². The Bertz CT molecular complexity index is 557. The maximum Gasteiger partial charge on any atom is 0.143 e. The average molecular weight is 256 g/mol. The largest absolute Gasteiger partial charge is 0.468 e. The standard InChI is InChI=1S/C14H16N4O/c1-18(2)12(13-6-4-8-19-13)10-17-14-11(9-15)5-3-7-16-14/h3-8,12H,10H2,1-2H3,(H,16,17)/t12-/m0/s1. The van der Waals surface area contributed by atoms with Gasteiger partial charge in [-0.1, -0.05) is 0 Å². The van der Waals surface area contributed by atoms with Crippen LogP contribution in [0.5, 0.6) is 0 Å². The molecule has 19 heavy (non-hydrogen) atoms. The molecule has 0 saturated heterocycles. The Morgan fingerprint density at radius 3 is 2.89 bits per heavy atom. The maximum absolute atomic E-state index is 9.02. The van der Waals surface area contributed by atoms with Crippen LogP contribution in [0.1, 0.15) is 17.4 Å². The van der Waals surface area contributed by atoms with Crippen LogP contribution in [0.2, 0.25) is 0 Å². The molecule has 5 heteroatoms. The van der Waals surface area contributed by atoms with Crippen molar-refractivity contribution in [2.45, 2.75) is 6.04 Å². The summed E-state index contributed by atoms with van der Waals surface area (Å²) in [6.45, 7) is 0.617. The minimum absolute atomic E-state index is 0.0866. The van der Waals surface area contributed by atoms with Crippen molar-refractivity contribution in [1.29, 1.82) is 5.26 Å². The third-order valence-corrected chi connectivity index (χ3v) is 2.89. The molecule has 0 radical (unpaired) electrons. The molecular weight excluding hydrogens is 240 g/mol. The van der Waals surface area contributed by atoms with Gasteiger partial charge in [-0.25, -0.2) is 4.98 Å². The molecule has 1 atom stereocenters. The van der Waals surface area contributed by atoms with E-state index in [1.54, 1.807) is 24.6 Å². The first kappa shape index (κ1) is 13.1. The minimum atomic E-state index is 0.0866. The molecule has 0 aliphatic heterocycles. The summed E-state index contributed by atoms with van der Waals surface area (Å²) in [5, 5.41) is 12.2. The number of rotatable bonds is 5. The molecule has 2 heterocycles. The van der Waals surface area contributed by atoms with Gasteiger partial charge in [0.2, 0.25) is 0 Å². The molecular formula is C14H16N4O. The quantitative estimate of drug-likeness (QED) is 0.889. The second kappa shape index (κ2) is 6.03. The molecule has 98 valence electrons. The van der Waals surface area contributed by atoms with Gasteiger partial charge in [-0.05, 0) is 38.4 Å². The average Bonchev–Trinajstić information content (AvgIpc) is 2.93. The highest BCUT2D eigenvalue weighted by molar-refractivity contribution is 5.51. The van der Waals surface area contributed by atoms with Crippen molar-refractivity contribution in [1.82, 2.24) is 9.88 Å². The lowest BCUT2D eigenvalue weighted by Crippen LogP contribution is -2.26. The monoisotopic (exact) mass is 256 g/mol. The lowest BCUT2D eigenvalue weighted by Gasteiger charge is -2.23. The first-order valence-electron chi connectivity index (χ1n) is 6.01. The highest BCUT2D eigenvalue weighted by Crippen LogP contribution is 2.20. The summed E-state index contributed by atoms with van der Waals surface area (Å²) in [6.07, 6.45) is 3.33. The first-order valence-corrected chi connectivity index (χ1v) is 6.01. The van der Waals surface area contributed by atoms with Crippen LogP contribution in [-0.4, -0.2) is 30.5 Å². The number of hydrogen-bond donors (Lipinski definition) is 1. The van der Waals surface area contributed by atoms with Gasteiger partial charge in [-0.3, -0.25) is 4.90 Å². The Morgan fingerprint density at radius 2 is 2.26 bits per heavy atom. The van der Waals surface area contributed by atoms with Crippen LogP contribution < -0.4 is 5.32 Å². The van der Waals surface area contributed by atoms with Crippen molar-refractivity contribution in [3.63, 3.8) is 0 Å². The van der Waals surface area contributed by atoms with Gasteiger partial charge in [-0.2, -0.15) is 5.26 Å². The molecule has 2 rings (SSSR count). The molecule has 5 nitrogen and oxygen atoms in total. The van der Waals surface area contributed by atoms with E-state index in [0.717, 1.165) is 5.76 Å². The molecule has 0 aromatic carbocycles. The van der Waals surface area contributed by atoms with E-state index in [1.807, 2.05) is 26.2 Å².